The number of carboxylic acids is 1. The number of aromatic carboxylic acids is 1. The largest absolute Gasteiger partial charge is 0.478 e. The minimum absolute atomic E-state index is 0.361. The van der Waals surface area contributed by atoms with Crippen molar-refractivity contribution in [1.29, 1.82) is 0 Å². The summed E-state index contributed by atoms with van der Waals surface area (Å²) >= 11 is 0.975. The fraction of sp³-hybridized carbons (Fsp3) is 0. The summed E-state index contributed by atoms with van der Waals surface area (Å²) in [5.74, 6) is -0.860. The summed E-state index contributed by atoms with van der Waals surface area (Å²) in [6.07, 6.45) is 0. The lowest BCUT2D eigenvalue weighted by atomic mass is 10.2. The van der Waals surface area contributed by atoms with Crippen molar-refractivity contribution < 1.29 is 9.90 Å². The topological polar surface area (TPSA) is 37.3 Å². The third-order valence-electron chi connectivity index (χ3n) is 1.97. The molecule has 16 heavy (non-hydrogen) atoms. The van der Waals surface area contributed by atoms with Crippen LogP contribution in [0.25, 0.3) is 0 Å². The Hall–Kier alpha value is -1.56. The molecule has 0 atom stereocenters. The van der Waals surface area contributed by atoms with Crippen LogP contribution in [0.2, 0.25) is 0 Å². The number of benzene rings is 2. The third kappa shape index (κ3) is 4.79. The van der Waals surface area contributed by atoms with E-state index in [4.69, 9.17) is 5.11 Å². The molecule has 2 aromatic rings. The fourth-order valence-corrected chi connectivity index (χ4v) is 1.41. The van der Waals surface area contributed by atoms with E-state index in [0.29, 0.717) is 5.56 Å². The SMILES string of the molecule is O=C(O)c1cc[c]([AlH2])cc1.c1ccccc1. The molecule has 0 unspecified atom stereocenters. The normalized spacial score (nSPS) is 8.75. The van der Waals surface area contributed by atoms with Gasteiger partial charge < -0.3 is 5.11 Å². The predicted octanol–water partition coefficient (Wildman–Crippen LogP) is 1.33. The molecule has 0 spiro atoms. The Morgan fingerprint density at radius 2 is 1.25 bits per heavy atom. The van der Waals surface area contributed by atoms with Crippen molar-refractivity contribution >= 4 is 26.7 Å². The molecule has 0 fully saturated rings. The molecule has 0 amide bonds. The second-order valence-electron chi connectivity index (χ2n) is 3.33. The second-order valence-corrected chi connectivity index (χ2v) is 4.48. The molecule has 0 aliphatic heterocycles. The van der Waals surface area contributed by atoms with Crippen molar-refractivity contribution in [2.75, 3.05) is 0 Å². The Morgan fingerprint density at radius 3 is 1.56 bits per heavy atom. The average molecular weight is 228 g/mol. The van der Waals surface area contributed by atoms with E-state index in [9.17, 15) is 4.79 Å². The molecule has 2 rings (SSSR count). The van der Waals surface area contributed by atoms with Crippen LogP contribution < -0.4 is 4.43 Å². The molecule has 0 saturated heterocycles. The van der Waals surface area contributed by atoms with Gasteiger partial charge in [0.1, 0.15) is 0 Å². The molecule has 2 nitrogen and oxygen atoms in total. The van der Waals surface area contributed by atoms with Crippen LogP contribution >= 0.6 is 0 Å². The monoisotopic (exact) mass is 228 g/mol. The highest BCUT2D eigenvalue weighted by Crippen LogP contribution is 1.94. The summed E-state index contributed by atoms with van der Waals surface area (Å²) in [5.41, 5.74) is 0.361. The zero-order valence-corrected chi connectivity index (χ0v) is 11.1. The second kappa shape index (κ2) is 6.84. The Morgan fingerprint density at radius 1 is 0.875 bits per heavy atom. The van der Waals surface area contributed by atoms with E-state index in [1.165, 1.54) is 4.43 Å². The van der Waals surface area contributed by atoms with Gasteiger partial charge in [0.05, 0.1) is 5.56 Å². The van der Waals surface area contributed by atoms with Gasteiger partial charge in [0.2, 0.25) is 0 Å². The van der Waals surface area contributed by atoms with Gasteiger partial charge in [0.15, 0.2) is 0 Å². The van der Waals surface area contributed by atoms with Gasteiger partial charge in [-0.3, -0.25) is 0 Å². The molecule has 1 N–H and O–H groups in total. The van der Waals surface area contributed by atoms with E-state index in [2.05, 4.69) is 0 Å². The number of rotatable bonds is 1. The number of hydrogen-bond acceptors (Lipinski definition) is 1. The number of carbonyl (C=O) groups is 1. The zero-order valence-electron chi connectivity index (χ0n) is 9.13. The summed E-state index contributed by atoms with van der Waals surface area (Å²) in [4.78, 5) is 10.3. The Bertz CT molecular complexity index is 397. The maximum absolute atomic E-state index is 10.3. The van der Waals surface area contributed by atoms with Gasteiger partial charge in [-0.2, -0.15) is 0 Å². The number of carboxylic acid groups (broad SMARTS) is 1. The van der Waals surface area contributed by atoms with Crippen molar-refractivity contribution in [2.24, 2.45) is 0 Å². The van der Waals surface area contributed by atoms with Crippen molar-refractivity contribution in [1.82, 2.24) is 0 Å². The number of hydrogen-bond donors (Lipinski definition) is 1. The highest BCUT2D eigenvalue weighted by atomic mass is 27.0. The molecule has 0 radical (unpaired) electrons. The first kappa shape index (κ1) is 12.5. The molecule has 80 valence electrons. The molecule has 3 heteroatoms. The van der Waals surface area contributed by atoms with Crippen molar-refractivity contribution in [2.45, 2.75) is 0 Å². The van der Waals surface area contributed by atoms with E-state index in [0.717, 1.165) is 16.3 Å². The highest BCUT2D eigenvalue weighted by molar-refractivity contribution is 6.32. The lowest BCUT2D eigenvalue weighted by Gasteiger charge is -1.93. The first-order chi connectivity index (χ1) is 7.70. The summed E-state index contributed by atoms with van der Waals surface area (Å²) in [7, 11) is 0. The van der Waals surface area contributed by atoms with E-state index in [-0.39, 0.29) is 0 Å². The molecule has 2 aromatic carbocycles. The van der Waals surface area contributed by atoms with E-state index in [1.54, 1.807) is 12.1 Å². The summed E-state index contributed by atoms with van der Waals surface area (Å²) in [5, 5.41) is 8.49. The van der Waals surface area contributed by atoms with Crippen LogP contribution in [0, 0.1) is 0 Å². The lowest BCUT2D eigenvalue weighted by Crippen LogP contribution is -2.03. The Kier molecular flexibility index (Phi) is 5.35. The van der Waals surface area contributed by atoms with Gasteiger partial charge in [-0.25, -0.2) is 4.79 Å². The van der Waals surface area contributed by atoms with Crippen LogP contribution in [0.4, 0.5) is 0 Å². The maximum atomic E-state index is 10.3. The molecule has 0 bridgehead atoms. The van der Waals surface area contributed by atoms with Crippen LogP contribution in [0.15, 0.2) is 60.7 Å². The minimum atomic E-state index is -0.860. The van der Waals surface area contributed by atoms with Crippen LogP contribution in [0.1, 0.15) is 10.4 Å². The fourth-order valence-electron chi connectivity index (χ4n) is 1.08. The smallest absolute Gasteiger partial charge is 0.335 e. The molecule has 0 aromatic heterocycles. The summed E-state index contributed by atoms with van der Waals surface area (Å²) in [6.45, 7) is 0. The van der Waals surface area contributed by atoms with Gasteiger partial charge in [0.25, 0.3) is 16.3 Å². The van der Waals surface area contributed by atoms with Crippen molar-refractivity contribution in [3.05, 3.63) is 66.2 Å². The van der Waals surface area contributed by atoms with E-state index in [1.807, 2.05) is 48.5 Å². The molecular weight excluding hydrogens is 215 g/mol. The summed E-state index contributed by atoms with van der Waals surface area (Å²) in [6, 6.07) is 18.9. The lowest BCUT2D eigenvalue weighted by molar-refractivity contribution is 0.0697. The molecule has 0 aliphatic carbocycles. The van der Waals surface area contributed by atoms with Crippen molar-refractivity contribution in [3.8, 4) is 0 Å². The Balaban J connectivity index is 0.000000181. The van der Waals surface area contributed by atoms with Gasteiger partial charge in [-0.05, 0) is 12.1 Å². The van der Waals surface area contributed by atoms with E-state index < -0.39 is 5.97 Å². The third-order valence-corrected chi connectivity index (χ3v) is 2.63. The first-order valence-electron chi connectivity index (χ1n) is 5.00. The Labute approximate surface area is 103 Å². The van der Waals surface area contributed by atoms with Gasteiger partial charge >= 0.3 is 5.97 Å². The molecule has 0 saturated carbocycles. The quantitative estimate of drug-likeness (QED) is 0.748. The average Bonchev–Trinajstić information content (AvgIpc) is 2.32. The highest BCUT2D eigenvalue weighted by Gasteiger charge is 1.98. The van der Waals surface area contributed by atoms with Crippen LogP contribution in [0.3, 0.4) is 0 Å². The van der Waals surface area contributed by atoms with Crippen LogP contribution in [-0.2, 0) is 0 Å². The maximum Gasteiger partial charge on any atom is 0.335 e. The van der Waals surface area contributed by atoms with Crippen LogP contribution in [0.5, 0.6) is 0 Å². The molecular formula is C13H13AlO2. The first-order valence-corrected chi connectivity index (χ1v) is 6.00. The van der Waals surface area contributed by atoms with Gasteiger partial charge in [-0.1, -0.05) is 48.5 Å². The standard InChI is InChI=1S/C7H5O2.C6H6.Al.2H/c8-7(9)6-4-2-1-3-5-6;1-2-4-6-5-3-1;;;/h2-5H,(H,8,9);1-6H;;;. The predicted molar refractivity (Wildman–Crippen MR) is 68.0 cm³/mol. The zero-order chi connectivity index (χ0) is 11.8. The van der Waals surface area contributed by atoms with Gasteiger partial charge in [0, 0.05) is 0 Å². The van der Waals surface area contributed by atoms with Gasteiger partial charge in [-0.15, -0.1) is 4.43 Å². The van der Waals surface area contributed by atoms with Crippen LogP contribution in [-0.4, -0.2) is 27.4 Å². The summed E-state index contributed by atoms with van der Waals surface area (Å²) < 4.78 is 1.21. The van der Waals surface area contributed by atoms with Crippen molar-refractivity contribution in [3.63, 3.8) is 0 Å². The molecule has 0 heterocycles. The minimum Gasteiger partial charge on any atom is -0.478 e. The molecule has 0 aliphatic rings. The van der Waals surface area contributed by atoms with E-state index >= 15 is 0 Å².